The Hall–Kier alpha value is -2.62. The zero-order chi connectivity index (χ0) is 17.8. The molecule has 3 rings (SSSR count). The standard InChI is InChI=1S/C21H24N2O2/c1-4-7-20(24)22-17-9-6-8-16(12-17)21-23-18-13-15(14(3)5-2)10-11-19(18)25-21/h6,8-14H,4-5,7H2,1-3H3,(H,22,24). The van der Waals surface area contributed by atoms with Crippen LogP contribution in [0, 0.1) is 0 Å². The van der Waals surface area contributed by atoms with Crippen LogP contribution < -0.4 is 5.32 Å². The lowest BCUT2D eigenvalue weighted by molar-refractivity contribution is -0.116. The first-order valence-electron chi connectivity index (χ1n) is 8.91. The number of carbonyl (C=O) groups excluding carboxylic acids is 1. The quantitative estimate of drug-likeness (QED) is 0.624. The average molecular weight is 336 g/mol. The van der Waals surface area contributed by atoms with Crippen molar-refractivity contribution in [2.45, 2.75) is 46.0 Å². The first-order valence-corrected chi connectivity index (χ1v) is 8.91. The maximum atomic E-state index is 11.8. The highest BCUT2D eigenvalue weighted by Gasteiger charge is 2.12. The molecule has 0 aliphatic rings. The Morgan fingerprint density at radius 2 is 2.04 bits per heavy atom. The van der Waals surface area contributed by atoms with Crippen molar-refractivity contribution < 1.29 is 9.21 Å². The van der Waals surface area contributed by atoms with Gasteiger partial charge in [0.05, 0.1) is 0 Å². The van der Waals surface area contributed by atoms with Gasteiger partial charge in [-0.2, -0.15) is 0 Å². The SMILES string of the molecule is CCCC(=O)Nc1cccc(-c2nc3cc(C(C)CC)ccc3o2)c1. The van der Waals surface area contributed by atoms with Gasteiger partial charge in [0.15, 0.2) is 5.58 Å². The maximum absolute atomic E-state index is 11.8. The molecule has 25 heavy (non-hydrogen) atoms. The maximum Gasteiger partial charge on any atom is 0.227 e. The van der Waals surface area contributed by atoms with Crippen molar-refractivity contribution in [2.75, 3.05) is 5.32 Å². The molecule has 1 unspecified atom stereocenters. The van der Waals surface area contributed by atoms with E-state index in [-0.39, 0.29) is 5.91 Å². The van der Waals surface area contributed by atoms with E-state index in [2.05, 4.69) is 36.3 Å². The van der Waals surface area contributed by atoms with Gasteiger partial charge in [-0.3, -0.25) is 4.79 Å². The molecular weight excluding hydrogens is 312 g/mol. The third kappa shape index (κ3) is 3.90. The molecule has 0 saturated heterocycles. The summed E-state index contributed by atoms with van der Waals surface area (Å²) in [4.78, 5) is 16.4. The summed E-state index contributed by atoms with van der Waals surface area (Å²) in [5, 5.41) is 2.91. The van der Waals surface area contributed by atoms with E-state index < -0.39 is 0 Å². The summed E-state index contributed by atoms with van der Waals surface area (Å²) >= 11 is 0. The monoisotopic (exact) mass is 336 g/mol. The number of amides is 1. The van der Waals surface area contributed by atoms with Gasteiger partial charge in [-0.15, -0.1) is 0 Å². The van der Waals surface area contributed by atoms with Crippen molar-refractivity contribution in [1.29, 1.82) is 0 Å². The summed E-state index contributed by atoms with van der Waals surface area (Å²) in [5.74, 6) is 1.10. The molecular formula is C21H24N2O2. The molecule has 4 nitrogen and oxygen atoms in total. The second-order valence-corrected chi connectivity index (χ2v) is 6.43. The van der Waals surface area contributed by atoms with Crippen LogP contribution in [-0.2, 0) is 4.79 Å². The van der Waals surface area contributed by atoms with Gasteiger partial charge in [-0.1, -0.05) is 32.9 Å². The Bertz CT molecular complexity index is 882. The van der Waals surface area contributed by atoms with Crippen LogP contribution in [0.2, 0.25) is 0 Å². The fourth-order valence-corrected chi connectivity index (χ4v) is 2.79. The minimum Gasteiger partial charge on any atom is -0.436 e. The molecule has 1 N–H and O–H groups in total. The number of benzene rings is 2. The first kappa shape index (κ1) is 17.2. The van der Waals surface area contributed by atoms with Crippen LogP contribution in [0.25, 0.3) is 22.6 Å². The Balaban J connectivity index is 1.89. The molecule has 0 spiro atoms. The highest BCUT2D eigenvalue weighted by atomic mass is 16.3. The topological polar surface area (TPSA) is 55.1 Å². The van der Waals surface area contributed by atoms with Gasteiger partial charge in [0.2, 0.25) is 11.8 Å². The minimum absolute atomic E-state index is 0.0235. The molecule has 1 amide bonds. The zero-order valence-electron chi connectivity index (χ0n) is 15.0. The van der Waals surface area contributed by atoms with E-state index in [1.165, 1.54) is 5.56 Å². The average Bonchev–Trinajstić information content (AvgIpc) is 3.04. The molecule has 3 aromatic rings. The molecule has 1 heterocycles. The summed E-state index contributed by atoms with van der Waals surface area (Å²) in [6, 6.07) is 13.8. The molecule has 0 radical (unpaired) electrons. The number of hydrogen-bond acceptors (Lipinski definition) is 3. The summed E-state index contributed by atoms with van der Waals surface area (Å²) in [7, 11) is 0. The van der Waals surface area contributed by atoms with Gasteiger partial charge in [0.25, 0.3) is 0 Å². The Kier molecular flexibility index (Phi) is 5.17. The fourth-order valence-electron chi connectivity index (χ4n) is 2.79. The largest absolute Gasteiger partial charge is 0.436 e. The summed E-state index contributed by atoms with van der Waals surface area (Å²) < 4.78 is 5.91. The molecule has 4 heteroatoms. The van der Waals surface area contributed by atoms with E-state index in [0.29, 0.717) is 18.2 Å². The van der Waals surface area contributed by atoms with Crippen molar-refractivity contribution >= 4 is 22.7 Å². The van der Waals surface area contributed by atoms with Crippen LogP contribution >= 0.6 is 0 Å². The van der Waals surface area contributed by atoms with Crippen molar-refractivity contribution in [2.24, 2.45) is 0 Å². The number of fused-ring (bicyclic) bond motifs is 1. The first-order chi connectivity index (χ1) is 12.1. The summed E-state index contributed by atoms with van der Waals surface area (Å²) in [5.41, 5.74) is 4.54. The zero-order valence-corrected chi connectivity index (χ0v) is 15.0. The lowest BCUT2D eigenvalue weighted by Crippen LogP contribution is -2.10. The Morgan fingerprint density at radius 3 is 2.80 bits per heavy atom. The molecule has 1 atom stereocenters. The molecule has 1 aromatic heterocycles. The molecule has 0 aliphatic heterocycles. The third-order valence-corrected chi connectivity index (χ3v) is 4.46. The van der Waals surface area contributed by atoms with Crippen molar-refractivity contribution in [3.63, 3.8) is 0 Å². The van der Waals surface area contributed by atoms with Crippen LogP contribution in [-0.4, -0.2) is 10.9 Å². The predicted molar refractivity (Wildman–Crippen MR) is 102 cm³/mol. The summed E-state index contributed by atoms with van der Waals surface area (Å²) in [6.07, 6.45) is 2.44. The number of anilines is 1. The number of nitrogens with one attached hydrogen (secondary N) is 1. The number of nitrogens with zero attached hydrogens (tertiary/aromatic N) is 1. The number of aromatic nitrogens is 1. The Morgan fingerprint density at radius 1 is 1.20 bits per heavy atom. The predicted octanol–water partition coefficient (Wildman–Crippen LogP) is 5.75. The molecule has 2 aromatic carbocycles. The van der Waals surface area contributed by atoms with Crippen LogP contribution in [0.1, 0.15) is 51.5 Å². The minimum atomic E-state index is 0.0235. The second-order valence-electron chi connectivity index (χ2n) is 6.43. The normalized spacial score (nSPS) is 12.3. The number of oxazole rings is 1. The van der Waals surface area contributed by atoms with E-state index in [1.807, 2.05) is 37.3 Å². The Labute approximate surface area is 148 Å². The molecule has 0 bridgehead atoms. The van der Waals surface area contributed by atoms with Gasteiger partial charge in [0, 0.05) is 17.7 Å². The van der Waals surface area contributed by atoms with E-state index in [4.69, 9.17) is 4.42 Å². The van der Waals surface area contributed by atoms with Crippen molar-refractivity contribution in [3.05, 3.63) is 48.0 Å². The van der Waals surface area contributed by atoms with Gasteiger partial charge in [0.1, 0.15) is 5.52 Å². The van der Waals surface area contributed by atoms with Crippen molar-refractivity contribution in [3.8, 4) is 11.5 Å². The lowest BCUT2D eigenvalue weighted by Gasteiger charge is -2.07. The summed E-state index contributed by atoms with van der Waals surface area (Å²) in [6.45, 7) is 6.38. The lowest BCUT2D eigenvalue weighted by atomic mass is 9.98. The van der Waals surface area contributed by atoms with Crippen LogP contribution in [0.15, 0.2) is 46.9 Å². The third-order valence-electron chi connectivity index (χ3n) is 4.46. The smallest absolute Gasteiger partial charge is 0.227 e. The van der Waals surface area contributed by atoms with E-state index in [0.717, 1.165) is 35.2 Å². The van der Waals surface area contributed by atoms with Crippen molar-refractivity contribution in [1.82, 2.24) is 4.98 Å². The van der Waals surface area contributed by atoms with E-state index in [1.54, 1.807) is 0 Å². The highest BCUT2D eigenvalue weighted by Crippen LogP contribution is 2.29. The van der Waals surface area contributed by atoms with E-state index >= 15 is 0 Å². The molecule has 130 valence electrons. The number of carbonyl (C=O) groups is 1. The van der Waals surface area contributed by atoms with Crippen LogP contribution in [0.4, 0.5) is 5.69 Å². The fraction of sp³-hybridized carbons (Fsp3) is 0.333. The van der Waals surface area contributed by atoms with Crippen LogP contribution in [0.5, 0.6) is 0 Å². The molecule has 0 aliphatic carbocycles. The highest BCUT2D eigenvalue weighted by molar-refractivity contribution is 5.91. The van der Waals surface area contributed by atoms with Gasteiger partial charge in [-0.25, -0.2) is 4.98 Å². The number of hydrogen-bond donors (Lipinski definition) is 1. The van der Waals surface area contributed by atoms with Gasteiger partial charge >= 0.3 is 0 Å². The molecule has 0 fully saturated rings. The van der Waals surface area contributed by atoms with Crippen LogP contribution in [0.3, 0.4) is 0 Å². The number of rotatable bonds is 6. The van der Waals surface area contributed by atoms with E-state index in [9.17, 15) is 4.79 Å². The van der Waals surface area contributed by atoms with Gasteiger partial charge in [-0.05, 0) is 54.7 Å². The van der Waals surface area contributed by atoms with Gasteiger partial charge < -0.3 is 9.73 Å². The molecule has 0 saturated carbocycles. The second kappa shape index (κ2) is 7.51.